The van der Waals surface area contributed by atoms with Crippen molar-refractivity contribution in [1.29, 1.82) is 0 Å². The maximum atomic E-state index is 12.3. The summed E-state index contributed by atoms with van der Waals surface area (Å²) in [6.07, 6.45) is 6.47. The predicted octanol–water partition coefficient (Wildman–Crippen LogP) is 3.35. The fraction of sp³-hybridized carbons (Fsp3) is 0.545. The van der Waals surface area contributed by atoms with Gasteiger partial charge in [0.05, 0.1) is 5.60 Å². The van der Waals surface area contributed by atoms with Gasteiger partial charge in [-0.15, -0.1) is 0 Å². The Kier molecular flexibility index (Phi) is 6.39. The third kappa shape index (κ3) is 5.58. The van der Waals surface area contributed by atoms with Crippen molar-refractivity contribution < 1.29 is 14.6 Å². The Labute approximate surface area is 167 Å². The first-order valence-electron chi connectivity index (χ1n) is 10.1. The van der Waals surface area contributed by atoms with Crippen LogP contribution in [0, 0.1) is 5.92 Å². The molecule has 1 aliphatic heterocycles. The highest BCUT2D eigenvalue weighted by Crippen LogP contribution is 2.23. The van der Waals surface area contributed by atoms with Crippen LogP contribution in [0.3, 0.4) is 0 Å². The molecule has 2 heterocycles. The van der Waals surface area contributed by atoms with Gasteiger partial charge in [0.2, 0.25) is 0 Å². The van der Waals surface area contributed by atoms with Crippen LogP contribution >= 0.6 is 0 Å². The monoisotopic (exact) mass is 385 g/mol. The van der Waals surface area contributed by atoms with Crippen LogP contribution in [0.2, 0.25) is 0 Å². The van der Waals surface area contributed by atoms with Crippen molar-refractivity contribution in [2.24, 2.45) is 5.92 Å². The molecule has 1 aliphatic rings. The molecule has 6 nitrogen and oxygen atoms in total. The smallest absolute Gasteiger partial charge is 0.260 e. The first-order chi connectivity index (χ1) is 13.3. The van der Waals surface area contributed by atoms with Gasteiger partial charge in [0.1, 0.15) is 11.6 Å². The Hall–Kier alpha value is -2.34. The van der Waals surface area contributed by atoms with E-state index in [0.29, 0.717) is 24.6 Å². The highest BCUT2D eigenvalue weighted by atomic mass is 16.5. The number of hydrogen-bond acceptors (Lipinski definition) is 4. The molecule has 0 bridgehead atoms. The topological polar surface area (TPSA) is 67.6 Å². The molecule has 6 heteroatoms. The number of aromatic nitrogens is 2. The van der Waals surface area contributed by atoms with Crippen LogP contribution in [0.1, 0.15) is 40.0 Å². The molecule has 0 radical (unpaired) electrons. The molecule has 1 saturated heterocycles. The number of imidazole rings is 1. The van der Waals surface area contributed by atoms with E-state index in [4.69, 9.17) is 4.74 Å². The first kappa shape index (κ1) is 20.4. The van der Waals surface area contributed by atoms with Crippen LogP contribution in [0.5, 0.6) is 5.75 Å². The van der Waals surface area contributed by atoms with Gasteiger partial charge >= 0.3 is 0 Å². The minimum absolute atomic E-state index is 0.0538. The van der Waals surface area contributed by atoms with Crippen molar-refractivity contribution in [1.82, 2.24) is 14.5 Å². The molecular formula is C22H31N3O3. The molecule has 1 N–H and O–H groups in total. The van der Waals surface area contributed by atoms with Crippen LogP contribution < -0.4 is 4.74 Å². The molecular weight excluding hydrogens is 354 g/mol. The molecule has 0 aliphatic carbocycles. The number of hydrogen-bond donors (Lipinski definition) is 1. The van der Waals surface area contributed by atoms with E-state index in [2.05, 4.69) is 11.9 Å². The predicted molar refractivity (Wildman–Crippen MR) is 109 cm³/mol. The van der Waals surface area contributed by atoms with Crippen LogP contribution in [0.15, 0.2) is 36.7 Å². The number of ether oxygens (including phenoxy) is 1. The molecule has 1 amide bonds. The van der Waals surface area contributed by atoms with Gasteiger partial charge in [-0.1, -0.05) is 6.92 Å². The summed E-state index contributed by atoms with van der Waals surface area (Å²) >= 11 is 0. The number of aliphatic hydroxyl groups is 1. The zero-order valence-electron chi connectivity index (χ0n) is 17.1. The van der Waals surface area contributed by atoms with Gasteiger partial charge in [-0.05, 0) is 63.3 Å². The van der Waals surface area contributed by atoms with Crippen molar-refractivity contribution >= 4 is 5.91 Å². The van der Waals surface area contributed by atoms with Gasteiger partial charge in [-0.2, -0.15) is 0 Å². The molecule has 2 aromatic rings. The van der Waals surface area contributed by atoms with E-state index in [1.807, 2.05) is 53.8 Å². The summed E-state index contributed by atoms with van der Waals surface area (Å²) in [7, 11) is 0. The largest absolute Gasteiger partial charge is 0.484 e. The fourth-order valence-electron chi connectivity index (χ4n) is 3.34. The number of piperidine rings is 1. The minimum Gasteiger partial charge on any atom is -0.484 e. The Morgan fingerprint density at radius 2 is 1.93 bits per heavy atom. The molecule has 1 fully saturated rings. The Balaban J connectivity index is 1.55. The summed E-state index contributed by atoms with van der Waals surface area (Å²) in [5.74, 6) is 2.29. The van der Waals surface area contributed by atoms with E-state index >= 15 is 0 Å². The number of nitrogens with zero attached hydrogens (tertiary/aromatic N) is 3. The second kappa shape index (κ2) is 8.78. The van der Waals surface area contributed by atoms with E-state index in [0.717, 1.165) is 37.3 Å². The summed E-state index contributed by atoms with van der Waals surface area (Å²) in [5, 5.41) is 9.94. The summed E-state index contributed by atoms with van der Waals surface area (Å²) < 4.78 is 7.73. The van der Waals surface area contributed by atoms with Gasteiger partial charge in [0.25, 0.3) is 5.91 Å². The van der Waals surface area contributed by atoms with Gasteiger partial charge in [0, 0.05) is 37.6 Å². The number of aryl methyl sites for hydroxylation is 1. The molecule has 3 rings (SSSR count). The van der Waals surface area contributed by atoms with Crippen molar-refractivity contribution in [3.05, 3.63) is 36.7 Å². The Morgan fingerprint density at radius 3 is 2.57 bits per heavy atom. The summed E-state index contributed by atoms with van der Waals surface area (Å²) in [6, 6.07) is 7.64. The van der Waals surface area contributed by atoms with Crippen LogP contribution in [0.4, 0.5) is 0 Å². The Morgan fingerprint density at radius 1 is 1.25 bits per heavy atom. The Bertz CT molecular complexity index is 769. The summed E-state index contributed by atoms with van der Waals surface area (Å²) in [5.41, 5.74) is 0.266. The quantitative estimate of drug-likeness (QED) is 0.794. The number of carbonyl (C=O) groups is 1. The minimum atomic E-state index is -0.710. The van der Waals surface area contributed by atoms with Crippen molar-refractivity contribution in [2.75, 3.05) is 19.7 Å². The highest BCUT2D eigenvalue weighted by molar-refractivity contribution is 5.77. The van der Waals surface area contributed by atoms with E-state index in [1.54, 1.807) is 6.20 Å². The van der Waals surface area contributed by atoms with Crippen molar-refractivity contribution in [3.8, 4) is 17.1 Å². The molecule has 28 heavy (non-hydrogen) atoms. The van der Waals surface area contributed by atoms with Gasteiger partial charge in [-0.25, -0.2) is 4.98 Å². The molecule has 0 spiro atoms. The van der Waals surface area contributed by atoms with Crippen LogP contribution in [-0.2, 0) is 11.3 Å². The van der Waals surface area contributed by atoms with Crippen LogP contribution in [-0.4, -0.2) is 50.8 Å². The summed E-state index contributed by atoms with van der Waals surface area (Å²) in [6.45, 7) is 8.28. The fourth-order valence-corrected chi connectivity index (χ4v) is 3.34. The molecule has 1 aromatic heterocycles. The SMILES string of the molecule is CC1CCN(C(=O)COc2ccc(-c3nccn3CCC(C)(C)O)cc2)CC1. The number of likely N-dealkylation sites (tertiary alicyclic amines) is 1. The van der Waals surface area contributed by atoms with E-state index in [1.165, 1.54) is 0 Å². The molecule has 0 unspecified atom stereocenters. The van der Waals surface area contributed by atoms with Crippen LogP contribution in [0.25, 0.3) is 11.4 Å². The number of benzene rings is 1. The first-order valence-corrected chi connectivity index (χ1v) is 10.1. The van der Waals surface area contributed by atoms with Gasteiger partial charge in [0.15, 0.2) is 6.61 Å². The number of carbonyl (C=O) groups excluding carboxylic acids is 1. The molecule has 1 aromatic carbocycles. The van der Waals surface area contributed by atoms with Gasteiger partial charge in [-0.3, -0.25) is 4.79 Å². The molecule has 0 saturated carbocycles. The standard InChI is InChI=1S/C22H31N3O3/c1-17-8-12-24(13-9-17)20(26)16-28-19-6-4-18(5-7-19)21-23-11-15-25(21)14-10-22(2,3)27/h4-7,11,15,17,27H,8-10,12-14,16H2,1-3H3. The zero-order valence-corrected chi connectivity index (χ0v) is 17.1. The van der Waals surface area contributed by atoms with Crippen molar-refractivity contribution in [2.45, 2.75) is 52.2 Å². The van der Waals surface area contributed by atoms with Crippen molar-refractivity contribution in [3.63, 3.8) is 0 Å². The average molecular weight is 386 g/mol. The third-order valence-electron chi connectivity index (χ3n) is 5.29. The summed E-state index contributed by atoms with van der Waals surface area (Å²) in [4.78, 5) is 18.6. The van der Waals surface area contributed by atoms with E-state index in [9.17, 15) is 9.90 Å². The highest BCUT2D eigenvalue weighted by Gasteiger charge is 2.20. The van der Waals surface area contributed by atoms with E-state index < -0.39 is 5.60 Å². The van der Waals surface area contributed by atoms with Gasteiger partial charge < -0.3 is 19.3 Å². The third-order valence-corrected chi connectivity index (χ3v) is 5.29. The normalized spacial score (nSPS) is 15.6. The molecule has 152 valence electrons. The zero-order chi connectivity index (χ0) is 20.1. The van der Waals surface area contributed by atoms with E-state index in [-0.39, 0.29) is 12.5 Å². The maximum Gasteiger partial charge on any atom is 0.260 e. The lowest BCUT2D eigenvalue weighted by Gasteiger charge is -2.30. The number of amides is 1. The lowest BCUT2D eigenvalue weighted by Crippen LogP contribution is -2.40. The average Bonchev–Trinajstić information content (AvgIpc) is 3.13. The molecule has 0 atom stereocenters. The number of rotatable bonds is 7. The maximum absolute atomic E-state index is 12.3. The lowest BCUT2D eigenvalue weighted by atomic mass is 9.99. The lowest BCUT2D eigenvalue weighted by molar-refractivity contribution is -0.134. The second-order valence-electron chi connectivity index (χ2n) is 8.38. The second-order valence-corrected chi connectivity index (χ2v) is 8.38.